The summed E-state index contributed by atoms with van der Waals surface area (Å²) >= 11 is 0. The molecule has 0 heterocycles. The molecule has 1 atom stereocenters. The van der Waals surface area contributed by atoms with Gasteiger partial charge in [-0.15, -0.1) is 0 Å². The Hall–Kier alpha value is -1.33. The van der Waals surface area contributed by atoms with Crippen LogP contribution >= 0.6 is 0 Å². The smallest absolute Gasteiger partial charge is 0.307 e. The fourth-order valence-electron chi connectivity index (χ4n) is 3.27. The molecule has 0 aromatic carbocycles. The van der Waals surface area contributed by atoms with Crippen LogP contribution in [-0.4, -0.2) is 55.3 Å². The van der Waals surface area contributed by atoms with Gasteiger partial charge in [0.1, 0.15) is 6.54 Å². The van der Waals surface area contributed by atoms with Gasteiger partial charge in [-0.25, -0.2) is 0 Å². The molecule has 1 N–H and O–H groups in total. The largest absolute Gasteiger partial charge is 1.00 e. The van der Waals surface area contributed by atoms with Gasteiger partial charge in [0.2, 0.25) is 0 Å². The van der Waals surface area contributed by atoms with E-state index in [-0.39, 0.29) is 24.8 Å². The van der Waals surface area contributed by atoms with E-state index in [1.54, 1.807) is 0 Å². The van der Waals surface area contributed by atoms with Crippen LogP contribution in [0.1, 0.15) is 90.4 Å². The first-order valence-corrected chi connectivity index (χ1v) is 11.8. The number of halogens is 1. The van der Waals surface area contributed by atoms with E-state index < -0.39 is 12.1 Å². The van der Waals surface area contributed by atoms with Gasteiger partial charge in [-0.05, 0) is 38.5 Å². The predicted octanol–water partition coefficient (Wildman–Crippen LogP) is 2.90. The Balaban J connectivity index is 0. The van der Waals surface area contributed by atoms with E-state index in [0.717, 1.165) is 32.1 Å². The highest BCUT2D eigenvalue weighted by Crippen LogP contribution is 2.11. The molecule has 0 aromatic rings. The van der Waals surface area contributed by atoms with Crippen molar-refractivity contribution in [2.45, 2.75) is 96.5 Å². The first kappa shape index (κ1) is 31.9. The maximum absolute atomic E-state index is 12.0. The number of unbranched alkanes of at least 4 members (excludes halogenated alkanes) is 8. The number of carbonyl (C=O) groups is 2. The minimum atomic E-state index is -0.932. The number of aliphatic carboxylic acids is 1. The Labute approximate surface area is 196 Å². The van der Waals surface area contributed by atoms with Crippen LogP contribution in [-0.2, 0) is 14.3 Å². The van der Waals surface area contributed by atoms with Crippen LogP contribution in [0.5, 0.6) is 0 Å². The third-order valence-corrected chi connectivity index (χ3v) is 4.78. The molecule has 5 nitrogen and oxygen atoms in total. The number of hydrogen-bond donors (Lipinski definition) is 1. The fourth-order valence-corrected chi connectivity index (χ4v) is 3.27. The second-order valence-electron chi connectivity index (χ2n) is 9.16. The summed E-state index contributed by atoms with van der Waals surface area (Å²) in [7, 11) is 5.88. The number of quaternary nitrogens is 1. The van der Waals surface area contributed by atoms with Crippen LogP contribution in [0.25, 0.3) is 0 Å². The predicted molar refractivity (Wildman–Crippen MR) is 124 cm³/mol. The number of ether oxygens (including phenoxy) is 1. The molecule has 0 aliphatic carbocycles. The van der Waals surface area contributed by atoms with Gasteiger partial charge < -0.3 is 26.7 Å². The molecule has 0 spiro atoms. The molecular formula is C25H46ClNO4. The van der Waals surface area contributed by atoms with E-state index >= 15 is 0 Å². The Morgan fingerprint density at radius 1 is 0.871 bits per heavy atom. The number of allylic oxidation sites excluding steroid dienone is 4. The Kier molecular flexibility index (Phi) is 21.1. The van der Waals surface area contributed by atoms with Crippen molar-refractivity contribution in [1.82, 2.24) is 0 Å². The molecule has 0 aliphatic heterocycles. The molecule has 0 rings (SSSR count). The lowest BCUT2D eigenvalue weighted by molar-refractivity contribution is -0.873. The SMILES string of the molecule is CCCCCC=CCC=CCCCCCCCC(=O)O[C@H](CC(=O)O)C[N+](C)(C)C.[Cl-]. The van der Waals surface area contributed by atoms with Gasteiger partial charge >= 0.3 is 11.9 Å². The van der Waals surface area contributed by atoms with Gasteiger partial charge in [0.15, 0.2) is 6.10 Å². The molecule has 0 radical (unpaired) electrons. The van der Waals surface area contributed by atoms with E-state index in [4.69, 9.17) is 9.84 Å². The number of hydrogen-bond acceptors (Lipinski definition) is 3. The molecule has 0 amide bonds. The van der Waals surface area contributed by atoms with E-state index in [0.29, 0.717) is 17.4 Å². The number of carbonyl (C=O) groups excluding carboxylic acids is 1. The van der Waals surface area contributed by atoms with E-state index in [1.807, 2.05) is 21.1 Å². The highest BCUT2D eigenvalue weighted by atomic mass is 35.5. The van der Waals surface area contributed by atoms with Crippen LogP contribution in [0, 0.1) is 0 Å². The molecule has 0 aliphatic rings. The van der Waals surface area contributed by atoms with Crippen molar-refractivity contribution in [2.24, 2.45) is 0 Å². The topological polar surface area (TPSA) is 63.6 Å². The normalized spacial score (nSPS) is 12.8. The lowest BCUT2D eigenvalue weighted by Crippen LogP contribution is -3.00. The second kappa shape index (κ2) is 20.6. The van der Waals surface area contributed by atoms with Crippen LogP contribution in [0.3, 0.4) is 0 Å². The lowest BCUT2D eigenvalue weighted by atomic mass is 10.1. The van der Waals surface area contributed by atoms with Gasteiger partial charge in [0, 0.05) is 6.42 Å². The first-order valence-electron chi connectivity index (χ1n) is 11.8. The van der Waals surface area contributed by atoms with Crippen LogP contribution in [0.2, 0.25) is 0 Å². The number of carboxylic acids is 1. The molecule has 0 saturated heterocycles. The zero-order chi connectivity index (χ0) is 22.7. The molecule has 182 valence electrons. The maximum atomic E-state index is 12.0. The highest BCUT2D eigenvalue weighted by Gasteiger charge is 2.24. The van der Waals surface area contributed by atoms with Gasteiger partial charge in [-0.2, -0.15) is 0 Å². The number of rotatable bonds is 19. The number of likely N-dealkylation sites (N-methyl/N-ethyl adjacent to an activating group) is 1. The van der Waals surface area contributed by atoms with Gasteiger partial charge in [0.25, 0.3) is 0 Å². The molecule has 31 heavy (non-hydrogen) atoms. The summed E-state index contributed by atoms with van der Waals surface area (Å²) in [6.07, 6.45) is 21.3. The van der Waals surface area contributed by atoms with E-state index in [9.17, 15) is 9.59 Å². The molecule has 0 unspecified atom stereocenters. The summed E-state index contributed by atoms with van der Waals surface area (Å²) < 4.78 is 5.97. The van der Waals surface area contributed by atoms with Crippen molar-refractivity contribution in [3.05, 3.63) is 24.3 Å². The number of nitrogens with zero attached hydrogens (tertiary/aromatic N) is 1. The van der Waals surface area contributed by atoms with Gasteiger partial charge in [-0.1, -0.05) is 63.3 Å². The minimum absolute atomic E-state index is 0. The van der Waals surface area contributed by atoms with Crippen LogP contribution in [0.4, 0.5) is 0 Å². The highest BCUT2D eigenvalue weighted by molar-refractivity contribution is 5.71. The molecule has 0 saturated carbocycles. The summed E-state index contributed by atoms with van der Waals surface area (Å²) in [5.41, 5.74) is 0. The maximum Gasteiger partial charge on any atom is 0.307 e. The van der Waals surface area contributed by atoms with Crippen molar-refractivity contribution in [2.75, 3.05) is 27.7 Å². The second-order valence-corrected chi connectivity index (χ2v) is 9.16. The average molecular weight is 460 g/mol. The summed E-state index contributed by atoms with van der Waals surface area (Å²) in [6.45, 7) is 2.73. The Bertz CT molecular complexity index is 512. The lowest BCUT2D eigenvalue weighted by Gasteiger charge is -2.28. The fraction of sp³-hybridized carbons (Fsp3) is 0.760. The molecule has 0 bridgehead atoms. The first-order chi connectivity index (χ1) is 14.2. The molecule has 0 aromatic heterocycles. The molecule has 6 heteroatoms. The Morgan fingerprint density at radius 2 is 1.42 bits per heavy atom. The van der Waals surface area contributed by atoms with Crippen LogP contribution < -0.4 is 12.4 Å². The molecule has 0 fully saturated rings. The summed E-state index contributed by atoms with van der Waals surface area (Å²) in [6, 6.07) is 0. The monoisotopic (exact) mass is 459 g/mol. The van der Waals surface area contributed by atoms with Crippen molar-refractivity contribution in [3.63, 3.8) is 0 Å². The third-order valence-electron chi connectivity index (χ3n) is 4.78. The third kappa shape index (κ3) is 24.8. The van der Waals surface area contributed by atoms with Gasteiger partial charge in [0.05, 0.1) is 27.6 Å². The number of esters is 1. The summed E-state index contributed by atoms with van der Waals surface area (Å²) in [5.74, 6) is -1.21. The van der Waals surface area contributed by atoms with E-state index in [2.05, 4.69) is 31.2 Å². The van der Waals surface area contributed by atoms with E-state index in [1.165, 1.54) is 38.5 Å². The zero-order valence-electron chi connectivity index (χ0n) is 20.3. The minimum Gasteiger partial charge on any atom is -1.00 e. The van der Waals surface area contributed by atoms with Crippen molar-refractivity contribution >= 4 is 11.9 Å². The van der Waals surface area contributed by atoms with Crippen molar-refractivity contribution in [1.29, 1.82) is 0 Å². The molecular weight excluding hydrogens is 414 g/mol. The Morgan fingerprint density at radius 3 is 1.97 bits per heavy atom. The average Bonchev–Trinajstić information content (AvgIpc) is 2.63. The van der Waals surface area contributed by atoms with Crippen molar-refractivity contribution < 1.29 is 36.3 Å². The van der Waals surface area contributed by atoms with Crippen molar-refractivity contribution in [3.8, 4) is 0 Å². The summed E-state index contributed by atoms with van der Waals surface area (Å²) in [4.78, 5) is 23.0. The quantitative estimate of drug-likeness (QED) is 0.140. The standard InChI is InChI=1S/C25H45NO4.ClH/c1-5-6-7-8-9-10-11-12-13-14-15-16-17-18-19-20-25(29)30-23(21-24(27)28)22-26(2,3)4;/h9-10,12-13,23H,5-8,11,14-22H2,1-4H3;1H/t23-;/m1./s1. The summed E-state index contributed by atoms with van der Waals surface area (Å²) in [5, 5.41) is 9.00. The number of carboxylic acid groups (broad SMARTS) is 1. The van der Waals surface area contributed by atoms with Gasteiger partial charge in [-0.3, -0.25) is 9.59 Å². The van der Waals surface area contributed by atoms with Crippen LogP contribution in [0.15, 0.2) is 24.3 Å². The zero-order valence-corrected chi connectivity index (χ0v) is 21.0.